The molecule has 4 heterocycles. The van der Waals surface area contributed by atoms with Crippen LogP contribution in [0.25, 0.3) is 11.3 Å². The first-order valence-electron chi connectivity index (χ1n) is 16.8. The Kier molecular flexibility index (Phi) is 8.82. The molecule has 0 saturated heterocycles. The molecule has 3 fully saturated rings. The van der Waals surface area contributed by atoms with Gasteiger partial charge in [-0.1, -0.05) is 33.6 Å². The predicted molar refractivity (Wildman–Crippen MR) is 167 cm³/mol. The van der Waals surface area contributed by atoms with Crippen LogP contribution in [0.3, 0.4) is 0 Å². The van der Waals surface area contributed by atoms with Gasteiger partial charge in [0.1, 0.15) is 11.6 Å². The third kappa shape index (κ3) is 6.48. The van der Waals surface area contributed by atoms with Crippen LogP contribution >= 0.6 is 0 Å². The van der Waals surface area contributed by atoms with E-state index in [1.54, 1.807) is 0 Å². The number of aromatic nitrogens is 8. The van der Waals surface area contributed by atoms with Crippen LogP contribution in [0, 0.1) is 23.2 Å². The average Bonchev–Trinajstić information content (AvgIpc) is 3.42. The van der Waals surface area contributed by atoms with E-state index in [0.717, 1.165) is 56.3 Å². The van der Waals surface area contributed by atoms with Crippen molar-refractivity contribution in [1.82, 2.24) is 38.3 Å². The second-order valence-corrected chi connectivity index (χ2v) is 13.7. The van der Waals surface area contributed by atoms with Crippen molar-refractivity contribution in [2.45, 2.75) is 124 Å². The number of fused-ring (bicyclic) bond motifs is 2. The van der Waals surface area contributed by atoms with Gasteiger partial charge in [-0.3, -0.25) is 18.4 Å². The molecule has 0 bridgehead atoms. The maximum Gasteiger partial charge on any atom is 0.296 e. The summed E-state index contributed by atoms with van der Waals surface area (Å²) in [5, 5.41) is 16.5. The monoisotopic (exact) mass is 588 g/mol. The fourth-order valence-corrected chi connectivity index (χ4v) is 7.45. The van der Waals surface area contributed by atoms with Crippen molar-refractivity contribution < 1.29 is 0 Å². The van der Waals surface area contributed by atoms with E-state index >= 15 is 0 Å². The molecule has 3 aliphatic rings. The Bertz CT molecular complexity index is 1650. The topological polar surface area (TPSA) is 104 Å². The third-order valence-electron chi connectivity index (χ3n) is 10.3. The van der Waals surface area contributed by atoms with E-state index in [1.807, 2.05) is 42.7 Å². The summed E-state index contributed by atoms with van der Waals surface area (Å²) in [6.07, 6.45) is 24.6. The molecule has 43 heavy (non-hydrogen) atoms. The lowest BCUT2D eigenvalue weighted by Crippen LogP contribution is -2.27. The maximum absolute atomic E-state index is 12.6. The van der Waals surface area contributed by atoms with Crippen molar-refractivity contribution in [3.8, 4) is 0 Å². The smallest absolute Gasteiger partial charge is 0.296 e. The van der Waals surface area contributed by atoms with Gasteiger partial charge in [0.15, 0.2) is 0 Å². The van der Waals surface area contributed by atoms with E-state index < -0.39 is 0 Å². The van der Waals surface area contributed by atoms with Crippen LogP contribution in [-0.4, -0.2) is 38.3 Å². The summed E-state index contributed by atoms with van der Waals surface area (Å²) in [6.45, 7) is 8.18. The first-order chi connectivity index (χ1) is 20.9. The first kappa shape index (κ1) is 29.8. The van der Waals surface area contributed by atoms with Crippen LogP contribution in [0.2, 0.25) is 0 Å². The van der Waals surface area contributed by atoms with Gasteiger partial charge in [-0.25, -0.2) is 0 Å². The Balaban J connectivity index is 0.000000153. The van der Waals surface area contributed by atoms with Crippen LogP contribution in [0.4, 0.5) is 0 Å². The highest BCUT2D eigenvalue weighted by Gasteiger charge is 2.44. The van der Waals surface area contributed by atoms with Crippen molar-refractivity contribution >= 4 is 11.3 Å². The van der Waals surface area contributed by atoms with Gasteiger partial charge >= 0.3 is 0 Å². The minimum atomic E-state index is -0.00872. The fourth-order valence-electron chi connectivity index (χ4n) is 7.45. The van der Waals surface area contributed by atoms with Crippen LogP contribution in [-0.2, 0) is 25.9 Å². The molecule has 7 rings (SSSR count). The molecule has 1 spiro atoms. The molecule has 0 radical (unpaired) electrons. The number of hydrogen-bond acceptors (Lipinski definition) is 6. The molecule has 10 nitrogen and oxygen atoms in total. The molecule has 3 saturated carbocycles. The zero-order chi connectivity index (χ0) is 30.0. The standard InChI is InChI=1S/C17H24N4O.C16H24N4O/c1-2-3-14-18-19-15-16(22)20(10-11-21(14)15)12-13-4-6-17(7-5-13)8-9-17;1-3-5-14-17-18-15-16(21)19(8-9-20(14)15)11-13-7-4-6-12(2)10-13/h10-11,13H,2-9,12H2,1H3;8-9,12-13H,3-7,10-11H2,1-2H3. The van der Waals surface area contributed by atoms with Gasteiger partial charge in [-0.2, -0.15) is 0 Å². The number of hydrogen-bond donors (Lipinski definition) is 0. The lowest BCUT2D eigenvalue weighted by Gasteiger charge is -2.28. The summed E-state index contributed by atoms with van der Waals surface area (Å²) in [6, 6.07) is 0. The minimum Gasteiger partial charge on any atom is -0.311 e. The molecule has 0 aliphatic heterocycles. The molecule has 3 aliphatic carbocycles. The van der Waals surface area contributed by atoms with E-state index in [0.29, 0.717) is 28.5 Å². The van der Waals surface area contributed by atoms with Crippen molar-refractivity contribution in [2.75, 3.05) is 0 Å². The van der Waals surface area contributed by atoms with Crippen LogP contribution in [0.1, 0.15) is 109 Å². The number of nitrogens with zero attached hydrogens (tertiary/aromatic N) is 8. The van der Waals surface area contributed by atoms with E-state index in [4.69, 9.17) is 0 Å². The zero-order valence-electron chi connectivity index (χ0n) is 26.2. The second kappa shape index (κ2) is 12.7. The molecule has 0 amide bonds. The first-order valence-corrected chi connectivity index (χ1v) is 16.8. The maximum atomic E-state index is 12.6. The highest BCUT2D eigenvalue weighted by molar-refractivity contribution is 5.35. The quantitative estimate of drug-likeness (QED) is 0.270. The van der Waals surface area contributed by atoms with Gasteiger partial charge < -0.3 is 9.13 Å². The summed E-state index contributed by atoms with van der Waals surface area (Å²) in [7, 11) is 0. The summed E-state index contributed by atoms with van der Waals surface area (Å²) in [5.41, 5.74) is 1.65. The summed E-state index contributed by atoms with van der Waals surface area (Å²) in [5.74, 6) is 3.81. The Morgan fingerprint density at radius 1 is 0.698 bits per heavy atom. The Labute approximate surface area is 253 Å². The van der Waals surface area contributed by atoms with Crippen molar-refractivity contribution in [2.24, 2.45) is 23.2 Å². The molecule has 2 unspecified atom stereocenters. The minimum absolute atomic E-state index is 0.00376. The average molecular weight is 589 g/mol. The van der Waals surface area contributed by atoms with E-state index in [1.165, 1.54) is 64.2 Å². The third-order valence-corrected chi connectivity index (χ3v) is 10.3. The fraction of sp³-hybridized carbons (Fsp3) is 0.697. The lowest BCUT2D eigenvalue weighted by molar-refractivity contribution is 0.235. The van der Waals surface area contributed by atoms with Gasteiger partial charge in [0.2, 0.25) is 11.3 Å². The Morgan fingerprint density at radius 2 is 1.23 bits per heavy atom. The van der Waals surface area contributed by atoms with E-state index in [-0.39, 0.29) is 11.1 Å². The van der Waals surface area contributed by atoms with Gasteiger partial charge in [-0.15, -0.1) is 20.4 Å². The van der Waals surface area contributed by atoms with Crippen molar-refractivity contribution in [1.29, 1.82) is 0 Å². The van der Waals surface area contributed by atoms with Crippen molar-refractivity contribution in [3.05, 3.63) is 57.1 Å². The largest absolute Gasteiger partial charge is 0.311 e. The molecular weight excluding hydrogens is 540 g/mol. The lowest BCUT2D eigenvalue weighted by atomic mass is 9.80. The van der Waals surface area contributed by atoms with Crippen molar-refractivity contribution in [3.63, 3.8) is 0 Å². The van der Waals surface area contributed by atoms with Crippen LogP contribution < -0.4 is 11.1 Å². The van der Waals surface area contributed by atoms with Gasteiger partial charge in [0.05, 0.1) is 0 Å². The SMILES string of the molecule is CCCc1nnc2c(=O)n(CC3CCC4(CC3)CC4)ccn12.CCCc1nnc2c(=O)n(CC3CCCC(C)C3)ccn12. The second-order valence-electron chi connectivity index (χ2n) is 13.7. The molecule has 4 aromatic heterocycles. The molecule has 4 aromatic rings. The zero-order valence-corrected chi connectivity index (χ0v) is 26.2. The summed E-state index contributed by atoms with van der Waals surface area (Å²) in [4.78, 5) is 25.1. The van der Waals surface area contributed by atoms with Gasteiger partial charge in [0, 0.05) is 50.7 Å². The summed E-state index contributed by atoms with van der Waals surface area (Å²) >= 11 is 0. The number of aryl methyl sites for hydroxylation is 2. The van der Waals surface area contributed by atoms with Gasteiger partial charge in [0.25, 0.3) is 11.1 Å². The highest BCUT2D eigenvalue weighted by Crippen LogP contribution is 2.57. The summed E-state index contributed by atoms with van der Waals surface area (Å²) < 4.78 is 7.35. The normalized spacial score (nSPS) is 21.7. The van der Waals surface area contributed by atoms with Crippen LogP contribution in [0.5, 0.6) is 0 Å². The van der Waals surface area contributed by atoms with Crippen LogP contribution in [0.15, 0.2) is 34.4 Å². The van der Waals surface area contributed by atoms with E-state index in [9.17, 15) is 9.59 Å². The molecule has 0 aromatic carbocycles. The molecule has 232 valence electrons. The van der Waals surface area contributed by atoms with E-state index in [2.05, 4.69) is 41.2 Å². The van der Waals surface area contributed by atoms with Gasteiger partial charge in [-0.05, 0) is 87.4 Å². The highest BCUT2D eigenvalue weighted by atomic mass is 16.1. The predicted octanol–water partition coefficient (Wildman–Crippen LogP) is 5.48. The Hall–Kier alpha value is -3.30. The molecular formula is C33H48N8O2. The Morgan fingerprint density at radius 3 is 1.72 bits per heavy atom. The molecule has 0 N–H and O–H groups in total. The molecule has 10 heteroatoms. The molecule has 2 atom stereocenters. The number of rotatable bonds is 8.